The number of likely N-dealkylation sites (tertiary alicyclic amines) is 1. The zero-order chi connectivity index (χ0) is 13.5. The molecule has 0 aromatic carbocycles. The molecule has 0 saturated carbocycles. The first-order valence-corrected chi connectivity index (χ1v) is 7.37. The molecule has 19 heavy (non-hydrogen) atoms. The van der Waals surface area contributed by atoms with Crippen LogP contribution in [0.2, 0.25) is 0 Å². The lowest BCUT2D eigenvalue weighted by Crippen LogP contribution is -2.31. The normalized spacial score (nSPS) is 16.2. The molecule has 1 aliphatic heterocycles. The van der Waals surface area contributed by atoms with E-state index in [1.807, 2.05) is 12.3 Å². The molecule has 0 aliphatic carbocycles. The second-order valence-electron chi connectivity index (χ2n) is 5.35. The second kappa shape index (κ2) is 7.46. The predicted molar refractivity (Wildman–Crippen MR) is 80.4 cm³/mol. The Labute approximate surface area is 116 Å². The van der Waals surface area contributed by atoms with Gasteiger partial charge in [-0.3, -0.25) is 9.88 Å². The van der Waals surface area contributed by atoms with Crippen LogP contribution in [-0.2, 0) is 6.54 Å². The van der Waals surface area contributed by atoms with Crippen LogP contribution in [0, 0.1) is 0 Å². The highest BCUT2D eigenvalue weighted by molar-refractivity contribution is 5.42. The van der Waals surface area contributed by atoms with Crippen molar-refractivity contribution in [3.8, 4) is 0 Å². The Hall–Kier alpha value is -1.13. The van der Waals surface area contributed by atoms with E-state index in [0.717, 1.165) is 25.3 Å². The van der Waals surface area contributed by atoms with Gasteiger partial charge in [0.1, 0.15) is 0 Å². The van der Waals surface area contributed by atoms with Crippen LogP contribution in [0.1, 0.15) is 25.5 Å². The Morgan fingerprint density at radius 1 is 1.37 bits per heavy atom. The van der Waals surface area contributed by atoms with Crippen molar-refractivity contribution in [2.24, 2.45) is 0 Å². The van der Waals surface area contributed by atoms with Crippen LogP contribution in [0.15, 0.2) is 18.3 Å². The summed E-state index contributed by atoms with van der Waals surface area (Å²) < 4.78 is 0. The van der Waals surface area contributed by atoms with Crippen LogP contribution in [0.5, 0.6) is 0 Å². The lowest BCUT2D eigenvalue weighted by molar-refractivity contribution is 0.250. The Morgan fingerprint density at radius 3 is 2.89 bits per heavy atom. The molecule has 0 atom stereocenters. The van der Waals surface area contributed by atoms with E-state index in [2.05, 4.69) is 40.1 Å². The molecule has 4 heteroatoms. The lowest BCUT2D eigenvalue weighted by atomic mass is 10.3. The number of nitrogens with zero attached hydrogens (tertiary/aromatic N) is 3. The Morgan fingerprint density at radius 2 is 2.16 bits per heavy atom. The molecule has 0 amide bonds. The largest absolute Gasteiger partial charge is 0.385 e. The van der Waals surface area contributed by atoms with Gasteiger partial charge in [-0.1, -0.05) is 0 Å². The maximum atomic E-state index is 4.45. The Kier molecular flexibility index (Phi) is 5.61. The smallest absolute Gasteiger partial charge is 0.0564 e. The summed E-state index contributed by atoms with van der Waals surface area (Å²) >= 11 is 0. The molecular formula is C15H26N4. The zero-order valence-corrected chi connectivity index (χ0v) is 12.2. The quantitative estimate of drug-likeness (QED) is 0.815. The predicted octanol–water partition coefficient (Wildman–Crippen LogP) is 2.04. The van der Waals surface area contributed by atoms with Gasteiger partial charge in [0, 0.05) is 38.1 Å². The van der Waals surface area contributed by atoms with Gasteiger partial charge in [0.2, 0.25) is 0 Å². The van der Waals surface area contributed by atoms with E-state index >= 15 is 0 Å². The summed E-state index contributed by atoms with van der Waals surface area (Å²) in [6, 6.07) is 4.17. The second-order valence-corrected chi connectivity index (χ2v) is 5.35. The van der Waals surface area contributed by atoms with E-state index in [-0.39, 0.29) is 0 Å². The third kappa shape index (κ3) is 4.80. The molecule has 106 valence electrons. The maximum absolute atomic E-state index is 4.45. The first kappa shape index (κ1) is 14.3. The number of likely N-dealkylation sites (N-methyl/N-ethyl adjacent to an activating group) is 1. The molecule has 0 bridgehead atoms. The maximum Gasteiger partial charge on any atom is 0.0564 e. The van der Waals surface area contributed by atoms with Crippen LogP contribution in [-0.4, -0.2) is 54.6 Å². The van der Waals surface area contributed by atoms with Crippen molar-refractivity contribution in [3.05, 3.63) is 24.0 Å². The fourth-order valence-corrected chi connectivity index (χ4v) is 2.55. The number of hydrogen-bond acceptors (Lipinski definition) is 4. The molecule has 1 N–H and O–H groups in total. The highest BCUT2D eigenvalue weighted by atomic mass is 15.2. The molecule has 2 heterocycles. The minimum atomic E-state index is 0.924. The van der Waals surface area contributed by atoms with Crippen LogP contribution < -0.4 is 5.32 Å². The van der Waals surface area contributed by atoms with E-state index in [1.54, 1.807) is 0 Å². The summed E-state index contributed by atoms with van der Waals surface area (Å²) in [6.45, 7) is 8.85. The average Bonchev–Trinajstić information content (AvgIpc) is 2.90. The first-order valence-electron chi connectivity index (χ1n) is 7.37. The summed E-state index contributed by atoms with van der Waals surface area (Å²) in [5.41, 5.74) is 2.31. The number of rotatable bonds is 7. The minimum absolute atomic E-state index is 0.924. The number of nitrogens with one attached hydrogen (secondary N) is 1. The van der Waals surface area contributed by atoms with E-state index in [4.69, 9.17) is 0 Å². The highest BCUT2D eigenvalue weighted by Gasteiger charge is 2.12. The monoisotopic (exact) mass is 262 g/mol. The molecule has 0 radical (unpaired) electrons. The van der Waals surface area contributed by atoms with Gasteiger partial charge in [-0.25, -0.2) is 0 Å². The number of hydrogen-bond donors (Lipinski definition) is 1. The van der Waals surface area contributed by atoms with E-state index < -0.39 is 0 Å². The lowest BCUT2D eigenvalue weighted by Gasteiger charge is -2.21. The summed E-state index contributed by atoms with van der Waals surface area (Å²) in [4.78, 5) is 9.36. The molecule has 1 aromatic heterocycles. The van der Waals surface area contributed by atoms with Crippen molar-refractivity contribution in [2.75, 3.05) is 45.1 Å². The van der Waals surface area contributed by atoms with Gasteiger partial charge in [0.05, 0.1) is 5.69 Å². The minimum Gasteiger partial charge on any atom is -0.385 e. The third-order valence-electron chi connectivity index (χ3n) is 3.63. The van der Waals surface area contributed by atoms with Gasteiger partial charge in [-0.05, 0) is 52.0 Å². The fraction of sp³-hybridized carbons (Fsp3) is 0.667. The average molecular weight is 262 g/mol. The van der Waals surface area contributed by atoms with Crippen molar-refractivity contribution < 1.29 is 0 Å². The Balaban J connectivity index is 1.77. The molecule has 1 saturated heterocycles. The van der Waals surface area contributed by atoms with E-state index in [1.165, 1.54) is 38.2 Å². The number of aromatic nitrogens is 1. The topological polar surface area (TPSA) is 31.4 Å². The number of anilines is 1. The fourth-order valence-electron chi connectivity index (χ4n) is 2.55. The van der Waals surface area contributed by atoms with Crippen molar-refractivity contribution in [1.29, 1.82) is 0 Å². The summed E-state index contributed by atoms with van der Waals surface area (Å²) in [6.07, 6.45) is 4.63. The highest BCUT2D eigenvalue weighted by Crippen LogP contribution is 2.10. The molecule has 1 fully saturated rings. The standard InChI is InChI=1S/C15H26N4/c1-3-16-14-6-7-17-15(12-14)13-18(2)10-11-19-8-4-5-9-19/h6-7,12H,3-5,8-11,13H2,1-2H3,(H,16,17). The SMILES string of the molecule is CCNc1ccnc(CN(C)CCN2CCCC2)c1. The van der Waals surface area contributed by atoms with Crippen molar-refractivity contribution in [1.82, 2.24) is 14.8 Å². The van der Waals surface area contributed by atoms with Crippen molar-refractivity contribution >= 4 is 5.69 Å². The first-order chi connectivity index (χ1) is 9.28. The van der Waals surface area contributed by atoms with Crippen LogP contribution in [0.3, 0.4) is 0 Å². The van der Waals surface area contributed by atoms with E-state index in [0.29, 0.717) is 0 Å². The molecule has 4 nitrogen and oxygen atoms in total. The van der Waals surface area contributed by atoms with Gasteiger partial charge in [0.15, 0.2) is 0 Å². The van der Waals surface area contributed by atoms with Gasteiger partial charge in [0.25, 0.3) is 0 Å². The van der Waals surface area contributed by atoms with Crippen LogP contribution >= 0.6 is 0 Å². The summed E-state index contributed by atoms with van der Waals surface area (Å²) in [7, 11) is 2.18. The van der Waals surface area contributed by atoms with Crippen LogP contribution in [0.25, 0.3) is 0 Å². The summed E-state index contributed by atoms with van der Waals surface area (Å²) in [5, 5.41) is 3.33. The van der Waals surface area contributed by atoms with Crippen molar-refractivity contribution in [3.63, 3.8) is 0 Å². The van der Waals surface area contributed by atoms with Gasteiger partial charge in [-0.2, -0.15) is 0 Å². The third-order valence-corrected chi connectivity index (χ3v) is 3.63. The molecule has 1 aromatic rings. The van der Waals surface area contributed by atoms with Gasteiger partial charge < -0.3 is 10.2 Å². The number of pyridine rings is 1. The van der Waals surface area contributed by atoms with Gasteiger partial charge >= 0.3 is 0 Å². The van der Waals surface area contributed by atoms with E-state index in [9.17, 15) is 0 Å². The van der Waals surface area contributed by atoms with Crippen molar-refractivity contribution in [2.45, 2.75) is 26.3 Å². The summed E-state index contributed by atoms with van der Waals surface area (Å²) in [5.74, 6) is 0. The van der Waals surface area contributed by atoms with Gasteiger partial charge in [-0.15, -0.1) is 0 Å². The molecule has 0 unspecified atom stereocenters. The zero-order valence-electron chi connectivity index (χ0n) is 12.2. The van der Waals surface area contributed by atoms with Crippen LogP contribution in [0.4, 0.5) is 5.69 Å². The Bertz CT molecular complexity index is 374. The molecule has 0 spiro atoms. The molecular weight excluding hydrogens is 236 g/mol. The molecule has 2 rings (SSSR count). The molecule has 1 aliphatic rings.